The molecule has 0 saturated carbocycles. The predicted molar refractivity (Wildman–Crippen MR) is 82.6 cm³/mol. The summed E-state index contributed by atoms with van der Waals surface area (Å²) < 4.78 is 8.25. The molecule has 86 valence electrons. The number of halogens is 2. The Balaban J connectivity index is 0.00000128. The molecule has 0 aliphatic rings. The van der Waals surface area contributed by atoms with Crippen LogP contribution in [0.25, 0.3) is 11.0 Å². The van der Waals surface area contributed by atoms with E-state index in [1.807, 2.05) is 12.3 Å². The molecule has 2 rings (SSSR count). The number of aliphatic imine (C=N–C) groups is 1. The molecule has 1 heterocycles. The number of benzene rings is 1. The Morgan fingerprint density at radius 3 is 2.94 bits per heavy atom. The summed E-state index contributed by atoms with van der Waals surface area (Å²) >= 11 is 8.52. The first-order chi connectivity index (χ1) is 7.22. The van der Waals surface area contributed by atoms with Crippen molar-refractivity contribution in [2.45, 2.75) is 0 Å². The predicted octanol–water partition coefficient (Wildman–Crippen LogP) is 3.27. The van der Waals surface area contributed by atoms with E-state index in [2.05, 4.69) is 13.7 Å². The van der Waals surface area contributed by atoms with Crippen molar-refractivity contribution in [3.05, 3.63) is 17.2 Å². The first-order valence-electron chi connectivity index (χ1n) is 4.01. The average molecular weight is 387 g/mol. The third-order valence-corrected chi connectivity index (χ3v) is 3.14. The summed E-state index contributed by atoms with van der Waals surface area (Å²) in [4.78, 5) is 4.21. The SMILES string of the molecule is CSC(N)=Nc1c(Cl)ccc2nsnc12.I. The van der Waals surface area contributed by atoms with Gasteiger partial charge in [0.25, 0.3) is 0 Å². The van der Waals surface area contributed by atoms with Crippen molar-refractivity contribution in [2.75, 3.05) is 6.26 Å². The van der Waals surface area contributed by atoms with Crippen molar-refractivity contribution >= 4 is 81.0 Å². The van der Waals surface area contributed by atoms with Crippen LogP contribution in [-0.4, -0.2) is 20.2 Å². The van der Waals surface area contributed by atoms with E-state index < -0.39 is 0 Å². The minimum atomic E-state index is 0. The zero-order chi connectivity index (χ0) is 10.8. The highest BCUT2D eigenvalue weighted by molar-refractivity contribution is 14.0. The summed E-state index contributed by atoms with van der Waals surface area (Å²) in [5.41, 5.74) is 7.72. The van der Waals surface area contributed by atoms with Crippen LogP contribution >= 0.6 is 59.1 Å². The molecule has 0 saturated heterocycles. The van der Waals surface area contributed by atoms with Gasteiger partial charge in [0.15, 0.2) is 5.17 Å². The number of nitrogens with two attached hydrogens (primary N) is 1. The number of nitrogens with zero attached hydrogens (tertiary/aromatic N) is 3. The quantitative estimate of drug-likeness (QED) is 0.464. The zero-order valence-electron chi connectivity index (χ0n) is 8.18. The number of rotatable bonds is 1. The van der Waals surface area contributed by atoms with Crippen molar-refractivity contribution in [1.29, 1.82) is 0 Å². The van der Waals surface area contributed by atoms with Crippen LogP contribution in [0.15, 0.2) is 17.1 Å². The van der Waals surface area contributed by atoms with Gasteiger partial charge in [-0.25, -0.2) is 4.99 Å². The third kappa shape index (κ3) is 2.76. The van der Waals surface area contributed by atoms with E-state index in [0.717, 1.165) is 17.2 Å². The second-order valence-corrected chi connectivity index (χ2v) is 4.44. The zero-order valence-corrected chi connectivity index (χ0v) is 12.9. The fourth-order valence-corrected chi connectivity index (χ4v) is 1.99. The molecule has 0 fully saturated rings. The second kappa shape index (κ2) is 5.99. The van der Waals surface area contributed by atoms with E-state index in [9.17, 15) is 0 Å². The van der Waals surface area contributed by atoms with E-state index >= 15 is 0 Å². The lowest BCUT2D eigenvalue weighted by Crippen LogP contribution is -2.04. The summed E-state index contributed by atoms with van der Waals surface area (Å²) in [6.45, 7) is 0. The molecule has 0 aliphatic carbocycles. The summed E-state index contributed by atoms with van der Waals surface area (Å²) in [5.74, 6) is 0. The highest BCUT2D eigenvalue weighted by atomic mass is 127. The van der Waals surface area contributed by atoms with E-state index in [-0.39, 0.29) is 24.0 Å². The normalized spacial score (nSPS) is 11.5. The van der Waals surface area contributed by atoms with Gasteiger partial charge in [-0.1, -0.05) is 23.4 Å². The Morgan fingerprint density at radius 1 is 1.50 bits per heavy atom. The Morgan fingerprint density at radius 2 is 2.25 bits per heavy atom. The topological polar surface area (TPSA) is 64.2 Å². The summed E-state index contributed by atoms with van der Waals surface area (Å²) in [6, 6.07) is 3.56. The van der Waals surface area contributed by atoms with Crippen molar-refractivity contribution in [3.8, 4) is 0 Å². The van der Waals surface area contributed by atoms with Crippen LogP contribution in [0, 0.1) is 0 Å². The Hall–Kier alpha value is -0.120. The maximum atomic E-state index is 6.03. The van der Waals surface area contributed by atoms with Gasteiger partial charge >= 0.3 is 0 Å². The molecule has 0 unspecified atom stereocenters. The number of amidine groups is 1. The minimum Gasteiger partial charge on any atom is -0.378 e. The van der Waals surface area contributed by atoms with E-state index in [0.29, 0.717) is 21.4 Å². The molecule has 0 amide bonds. The summed E-state index contributed by atoms with van der Waals surface area (Å²) in [5, 5.41) is 0.990. The molecule has 0 radical (unpaired) electrons. The Bertz CT molecular complexity index is 528. The first-order valence-corrected chi connectivity index (χ1v) is 6.34. The monoisotopic (exact) mass is 386 g/mol. The maximum Gasteiger partial charge on any atom is 0.159 e. The van der Waals surface area contributed by atoms with Crippen LogP contribution in [0.1, 0.15) is 0 Å². The second-order valence-electron chi connectivity index (χ2n) is 2.68. The van der Waals surface area contributed by atoms with Crippen LogP contribution in [0.4, 0.5) is 5.69 Å². The van der Waals surface area contributed by atoms with Gasteiger partial charge in [-0.2, -0.15) is 8.75 Å². The lowest BCUT2D eigenvalue weighted by Gasteiger charge is -1.99. The van der Waals surface area contributed by atoms with Crippen LogP contribution in [0.2, 0.25) is 5.02 Å². The molecular formula is C8H8ClIN4S2. The smallest absolute Gasteiger partial charge is 0.159 e. The molecule has 4 nitrogen and oxygen atoms in total. The van der Waals surface area contributed by atoms with Crippen molar-refractivity contribution in [3.63, 3.8) is 0 Å². The molecule has 1 aromatic heterocycles. The van der Waals surface area contributed by atoms with Gasteiger partial charge in [-0.15, -0.1) is 24.0 Å². The van der Waals surface area contributed by atoms with Gasteiger partial charge in [-0.3, -0.25) is 0 Å². The van der Waals surface area contributed by atoms with E-state index in [1.165, 1.54) is 11.8 Å². The molecule has 0 bridgehead atoms. The van der Waals surface area contributed by atoms with Gasteiger partial charge in [0.2, 0.25) is 0 Å². The minimum absolute atomic E-state index is 0. The molecule has 8 heteroatoms. The molecule has 1 aromatic carbocycles. The molecule has 0 atom stereocenters. The van der Waals surface area contributed by atoms with Gasteiger partial charge in [-0.05, 0) is 18.4 Å². The van der Waals surface area contributed by atoms with Crippen LogP contribution in [-0.2, 0) is 0 Å². The molecule has 2 N–H and O–H groups in total. The van der Waals surface area contributed by atoms with Gasteiger partial charge in [0.1, 0.15) is 16.7 Å². The highest BCUT2D eigenvalue weighted by Crippen LogP contribution is 2.32. The number of fused-ring (bicyclic) bond motifs is 1. The average Bonchev–Trinajstić information content (AvgIpc) is 2.70. The molecule has 0 spiro atoms. The van der Waals surface area contributed by atoms with Crippen molar-refractivity contribution in [1.82, 2.24) is 8.75 Å². The third-order valence-electron chi connectivity index (χ3n) is 1.78. The van der Waals surface area contributed by atoms with Crippen LogP contribution < -0.4 is 5.73 Å². The molecule has 2 aromatic rings. The number of hydrogen-bond acceptors (Lipinski definition) is 5. The Kier molecular flexibility index (Phi) is 5.22. The van der Waals surface area contributed by atoms with E-state index in [1.54, 1.807) is 6.07 Å². The molecule has 16 heavy (non-hydrogen) atoms. The standard InChI is InChI=1S/C8H7ClN4S2.HI/c1-14-8(10)11-6-4(9)2-3-5-7(6)13-15-12-5;/h2-3H,1H3,(H2,10,11);1H. The largest absolute Gasteiger partial charge is 0.378 e. The van der Waals surface area contributed by atoms with Crippen LogP contribution in [0.5, 0.6) is 0 Å². The number of thioether (sulfide) groups is 1. The molecule has 0 aliphatic heterocycles. The van der Waals surface area contributed by atoms with Crippen molar-refractivity contribution < 1.29 is 0 Å². The Labute approximate surface area is 123 Å². The maximum absolute atomic E-state index is 6.03. The fourth-order valence-electron chi connectivity index (χ4n) is 1.08. The van der Waals surface area contributed by atoms with Gasteiger partial charge in [0, 0.05) is 0 Å². The number of aromatic nitrogens is 2. The van der Waals surface area contributed by atoms with Gasteiger partial charge < -0.3 is 5.73 Å². The first kappa shape index (κ1) is 13.9. The van der Waals surface area contributed by atoms with Crippen LogP contribution in [0.3, 0.4) is 0 Å². The lowest BCUT2D eigenvalue weighted by molar-refractivity contribution is 1.51. The molecular weight excluding hydrogens is 379 g/mol. The van der Waals surface area contributed by atoms with Gasteiger partial charge in [0.05, 0.1) is 16.8 Å². The number of hydrogen-bond donors (Lipinski definition) is 1. The lowest BCUT2D eigenvalue weighted by atomic mass is 10.3. The summed E-state index contributed by atoms with van der Waals surface area (Å²) in [6.07, 6.45) is 1.85. The summed E-state index contributed by atoms with van der Waals surface area (Å²) in [7, 11) is 0. The fraction of sp³-hybridized carbons (Fsp3) is 0.125. The highest BCUT2D eigenvalue weighted by Gasteiger charge is 2.09. The van der Waals surface area contributed by atoms with Crippen molar-refractivity contribution in [2.24, 2.45) is 10.7 Å². The van der Waals surface area contributed by atoms with E-state index in [4.69, 9.17) is 17.3 Å².